The fourth-order valence-corrected chi connectivity index (χ4v) is 19.4. The van der Waals surface area contributed by atoms with Gasteiger partial charge in [-0.3, -0.25) is 0 Å². The third-order valence-corrected chi connectivity index (χ3v) is 22.5. The van der Waals surface area contributed by atoms with Gasteiger partial charge in [0, 0.05) is 22.5 Å². The molecule has 1 nitrogen and oxygen atoms in total. The number of rotatable bonds is 9. The summed E-state index contributed by atoms with van der Waals surface area (Å²) in [5, 5.41) is 5.64. The fraction of sp³-hybridized carbons (Fsp3) is 0.0526. The Labute approximate surface area is 459 Å². The van der Waals surface area contributed by atoms with Crippen molar-refractivity contribution in [2.24, 2.45) is 0 Å². The second kappa shape index (κ2) is 17.9. The Balaban J connectivity index is 0.913. The molecule has 1 heterocycles. The van der Waals surface area contributed by atoms with Crippen LogP contribution in [0.15, 0.2) is 297 Å². The van der Waals surface area contributed by atoms with Crippen LogP contribution in [-0.2, 0) is 10.8 Å². The summed E-state index contributed by atoms with van der Waals surface area (Å²) in [6, 6.07) is 112. The minimum atomic E-state index is -2.80. The molecule has 0 fully saturated rings. The van der Waals surface area contributed by atoms with Gasteiger partial charge in [0.25, 0.3) is 0 Å². The third kappa shape index (κ3) is 6.66. The lowest BCUT2D eigenvalue weighted by Gasteiger charge is -2.34. The van der Waals surface area contributed by atoms with Crippen molar-refractivity contribution in [2.75, 3.05) is 4.90 Å². The highest BCUT2D eigenvalue weighted by molar-refractivity contribution is 7.22. The fourth-order valence-electron chi connectivity index (χ4n) is 14.2. The normalized spacial score (nSPS) is 14.3. The van der Waals surface area contributed by atoms with Gasteiger partial charge in [-0.2, -0.15) is 0 Å². The molecular formula is C76H55NSi. The van der Waals surface area contributed by atoms with Gasteiger partial charge in [-0.05, 0) is 152 Å². The quantitative estimate of drug-likeness (QED) is 0.130. The van der Waals surface area contributed by atoms with Crippen molar-refractivity contribution in [2.45, 2.75) is 24.7 Å². The van der Waals surface area contributed by atoms with E-state index in [0.717, 1.165) is 17.1 Å². The second-order valence-corrected chi connectivity index (χ2v) is 25.6. The van der Waals surface area contributed by atoms with Crippen molar-refractivity contribution < 1.29 is 0 Å². The highest BCUT2D eigenvalue weighted by Crippen LogP contribution is 2.57. The van der Waals surface area contributed by atoms with Crippen LogP contribution in [0.5, 0.6) is 0 Å². The van der Waals surface area contributed by atoms with Gasteiger partial charge in [0.05, 0.1) is 5.41 Å². The maximum Gasteiger partial charge on any atom is 0.180 e. The molecule has 0 saturated carbocycles. The lowest BCUT2D eigenvalue weighted by Crippen LogP contribution is -2.72. The van der Waals surface area contributed by atoms with E-state index in [0.29, 0.717) is 0 Å². The third-order valence-electron chi connectivity index (χ3n) is 17.6. The smallest absolute Gasteiger partial charge is 0.180 e. The molecule has 1 aliphatic heterocycles. The second-order valence-electron chi connectivity index (χ2n) is 21.9. The van der Waals surface area contributed by atoms with E-state index in [-0.39, 0.29) is 5.41 Å². The zero-order valence-electron chi connectivity index (χ0n) is 43.7. The molecule has 0 saturated heterocycles. The Kier molecular flexibility index (Phi) is 10.5. The van der Waals surface area contributed by atoms with Gasteiger partial charge < -0.3 is 4.90 Å². The van der Waals surface area contributed by atoms with E-state index < -0.39 is 13.5 Å². The number of hydrogen-bond donors (Lipinski definition) is 0. The highest BCUT2D eigenvalue weighted by Gasteiger charge is 2.49. The molecule has 368 valence electrons. The summed E-state index contributed by atoms with van der Waals surface area (Å²) < 4.78 is 0. The van der Waals surface area contributed by atoms with E-state index in [4.69, 9.17) is 0 Å². The standard InChI is InChI=1S/C76H55NSi/c1-75(2)69-38-22-36-62(53-23-7-3-8-24-53)74(69)67-48-46-59(51-70(67)75)77(58-29-21-32-61(50-58)78(60-30-13-6-14-31-60)72-39-19-16-34-65(72)66-35-17-20-40-73(66)78)57-44-41-52(42-45-57)54-43-47-64-63-33-15-18-37-68(63)76(71(64)49-54,55-25-9-4-10-26-55)56-27-11-5-12-28-56/h3-51H,1-2H3. The topological polar surface area (TPSA) is 3.24 Å². The molecule has 12 aromatic carbocycles. The largest absolute Gasteiger partial charge is 0.310 e. The van der Waals surface area contributed by atoms with Crippen LogP contribution in [0.3, 0.4) is 0 Å². The van der Waals surface area contributed by atoms with Gasteiger partial charge in [-0.15, -0.1) is 0 Å². The summed E-state index contributed by atoms with van der Waals surface area (Å²) in [6.07, 6.45) is 0. The predicted octanol–water partition coefficient (Wildman–Crippen LogP) is 16.5. The molecule has 0 spiro atoms. The summed E-state index contributed by atoms with van der Waals surface area (Å²) >= 11 is 0. The molecule has 15 rings (SSSR count). The molecule has 0 amide bonds. The van der Waals surface area contributed by atoms with Crippen molar-refractivity contribution in [1.82, 2.24) is 0 Å². The SMILES string of the molecule is CC1(C)c2cc(N(c3ccc(-c4ccc5c(c4)C(c4ccccc4)(c4ccccc4)c4ccccc4-5)cc3)c3cccc([Si]4(c5ccccc5)c5ccccc5-c5ccccc54)c3)ccc2-c2c(-c3ccccc3)cccc21. The molecular weight excluding hydrogens is 955 g/mol. The van der Waals surface area contributed by atoms with Gasteiger partial charge in [0.15, 0.2) is 8.07 Å². The van der Waals surface area contributed by atoms with Crippen molar-refractivity contribution in [3.8, 4) is 55.6 Å². The van der Waals surface area contributed by atoms with E-state index in [1.165, 1.54) is 110 Å². The van der Waals surface area contributed by atoms with Crippen LogP contribution in [0.2, 0.25) is 0 Å². The lowest BCUT2D eigenvalue weighted by molar-refractivity contribution is 0.660. The van der Waals surface area contributed by atoms with E-state index >= 15 is 0 Å². The van der Waals surface area contributed by atoms with Gasteiger partial charge >= 0.3 is 0 Å². The van der Waals surface area contributed by atoms with Gasteiger partial charge in [0.1, 0.15) is 0 Å². The molecule has 0 aromatic heterocycles. The summed E-state index contributed by atoms with van der Waals surface area (Å²) in [5.74, 6) is 0. The van der Waals surface area contributed by atoms with Gasteiger partial charge in [-0.1, -0.05) is 269 Å². The maximum atomic E-state index is 2.53. The lowest BCUT2D eigenvalue weighted by atomic mass is 9.67. The molecule has 3 aliphatic rings. The van der Waals surface area contributed by atoms with Gasteiger partial charge in [-0.25, -0.2) is 0 Å². The summed E-state index contributed by atoms with van der Waals surface area (Å²) in [6.45, 7) is 4.80. The van der Waals surface area contributed by atoms with Crippen LogP contribution in [0.4, 0.5) is 17.1 Å². The maximum absolute atomic E-state index is 2.80. The Morgan fingerprint density at radius 3 is 1.45 bits per heavy atom. The zero-order chi connectivity index (χ0) is 52.0. The summed E-state index contributed by atoms with van der Waals surface area (Å²) in [5.41, 5.74) is 23.3. The minimum absolute atomic E-state index is 0.230. The molecule has 12 aromatic rings. The summed E-state index contributed by atoms with van der Waals surface area (Å²) in [4.78, 5) is 2.51. The number of fused-ring (bicyclic) bond motifs is 9. The van der Waals surface area contributed by atoms with Crippen molar-refractivity contribution in [3.63, 3.8) is 0 Å². The Bertz CT molecular complexity index is 4190. The molecule has 0 atom stereocenters. The Hall–Kier alpha value is -9.34. The molecule has 78 heavy (non-hydrogen) atoms. The van der Waals surface area contributed by atoms with Crippen LogP contribution in [0, 0.1) is 0 Å². The van der Waals surface area contributed by atoms with E-state index in [1.54, 1.807) is 0 Å². The average molecular weight is 1010 g/mol. The van der Waals surface area contributed by atoms with Crippen LogP contribution >= 0.6 is 0 Å². The first-order valence-corrected chi connectivity index (χ1v) is 29.4. The van der Waals surface area contributed by atoms with E-state index in [9.17, 15) is 0 Å². The molecule has 0 bridgehead atoms. The first-order valence-electron chi connectivity index (χ1n) is 27.4. The molecule has 0 N–H and O–H groups in total. The number of anilines is 3. The molecule has 0 radical (unpaired) electrons. The van der Waals surface area contributed by atoms with Crippen LogP contribution in [0.25, 0.3) is 55.6 Å². The molecule has 0 unspecified atom stereocenters. The number of nitrogens with zero attached hydrogens (tertiary/aromatic N) is 1. The number of hydrogen-bond acceptors (Lipinski definition) is 1. The van der Waals surface area contributed by atoms with E-state index in [2.05, 4.69) is 316 Å². The molecule has 2 aliphatic carbocycles. The minimum Gasteiger partial charge on any atom is -0.310 e. The first-order chi connectivity index (χ1) is 38.5. The van der Waals surface area contributed by atoms with Gasteiger partial charge in [0.2, 0.25) is 0 Å². The van der Waals surface area contributed by atoms with Crippen LogP contribution in [0.1, 0.15) is 47.2 Å². The molecule has 2 heteroatoms. The summed E-state index contributed by atoms with van der Waals surface area (Å²) in [7, 11) is -2.80. The van der Waals surface area contributed by atoms with Crippen molar-refractivity contribution >= 4 is 45.9 Å². The van der Waals surface area contributed by atoms with Crippen molar-refractivity contribution in [3.05, 3.63) is 331 Å². The Morgan fingerprint density at radius 1 is 0.282 bits per heavy atom. The van der Waals surface area contributed by atoms with Crippen molar-refractivity contribution in [1.29, 1.82) is 0 Å². The predicted molar refractivity (Wildman–Crippen MR) is 329 cm³/mol. The van der Waals surface area contributed by atoms with E-state index in [1.807, 2.05) is 0 Å². The van der Waals surface area contributed by atoms with Crippen LogP contribution < -0.4 is 25.6 Å². The zero-order valence-corrected chi connectivity index (χ0v) is 44.7. The number of benzene rings is 12. The first kappa shape index (κ1) is 46.0. The Morgan fingerprint density at radius 2 is 0.769 bits per heavy atom. The average Bonchev–Trinajstić information content (AvgIpc) is 4.22. The van der Waals surface area contributed by atoms with Crippen LogP contribution in [-0.4, -0.2) is 8.07 Å². The highest BCUT2D eigenvalue weighted by atomic mass is 28.3. The monoisotopic (exact) mass is 1010 g/mol.